The van der Waals surface area contributed by atoms with Gasteiger partial charge < -0.3 is 9.53 Å². The Balaban J connectivity index is 2.14. The molecule has 1 aromatic carbocycles. The summed E-state index contributed by atoms with van der Waals surface area (Å²) in [6, 6.07) is 11.9. The number of aliphatic hydroxyl groups is 1. The topological polar surface area (TPSA) is 29.5 Å². The Hall–Kier alpha value is -0.643. The molecule has 106 valence electrons. The molecule has 2 nitrogen and oxygen atoms in total. The molecule has 0 unspecified atom stereocenters. The van der Waals surface area contributed by atoms with Gasteiger partial charge in [0.2, 0.25) is 0 Å². The van der Waals surface area contributed by atoms with Crippen LogP contribution in [0.3, 0.4) is 0 Å². The maximum Gasteiger partial charge on any atom is 0.192 e. The van der Waals surface area contributed by atoms with Crippen LogP contribution in [0.1, 0.15) is 31.9 Å². The van der Waals surface area contributed by atoms with E-state index in [-0.39, 0.29) is 12.2 Å². The molecule has 1 aliphatic carbocycles. The fraction of sp³-hybridized carbons (Fsp3) is 0.625. The van der Waals surface area contributed by atoms with Gasteiger partial charge in [-0.25, -0.2) is 0 Å². The standard InChI is InChI=1S/C16H26O2Si/c1-4-19(5-2,6-3)18-16-12-14-10-8-7-9-13(14)11-15(16)17/h7-10,15-17H,4-6,11-12H2,1-3H3/t15-,16+/m1/s1. The van der Waals surface area contributed by atoms with Crippen molar-refractivity contribution in [1.82, 2.24) is 0 Å². The lowest BCUT2D eigenvalue weighted by Gasteiger charge is -2.38. The summed E-state index contributed by atoms with van der Waals surface area (Å²) >= 11 is 0. The minimum absolute atomic E-state index is 0.00131. The smallest absolute Gasteiger partial charge is 0.192 e. The van der Waals surface area contributed by atoms with Crippen molar-refractivity contribution in [2.24, 2.45) is 0 Å². The van der Waals surface area contributed by atoms with Gasteiger partial charge in [0.05, 0.1) is 12.2 Å². The van der Waals surface area contributed by atoms with E-state index >= 15 is 0 Å². The highest BCUT2D eigenvalue weighted by atomic mass is 28.4. The first-order chi connectivity index (χ1) is 9.14. The summed E-state index contributed by atoms with van der Waals surface area (Å²) in [4.78, 5) is 0. The van der Waals surface area contributed by atoms with Crippen molar-refractivity contribution < 1.29 is 9.53 Å². The fourth-order valence-electron chi connectivity index (χ4n) is 3.11. The molecule has 0 bridgehead atoms. The molecule has 0 spiro atoms. The van der Waals surface area contributed by atoms with Gasteiger partial charge >= 0.3 is 0 Å². The monoisotopic (exact) mass is 278 g/mol. The van der Waals surface area contributed by atoms with Crippen molar-refractivity contribution in [2.75, 3.05) is 0 Å². The van der Waals surface area contributed by atoms with Gasteiger partial charge in [-0.05, 0) is 29.3 Å². The van der Waals surface area contributed by atoms with E-state index in [1.165, 1.54) is 11.1 Å². The van der Waals surface area contributed by atoms with Crippen molar-refractivity contribution >= 4 is 8.32 Å². The van der Waals surface area contributed by atoms with E-state index in [4.69, 9.17) is 4.43 Å². The summed E-state index contributed by atoms with van der Waals surface area (Å²) in [7, 11) is -1.63. The van der Waals surface area contributed by atoms with Gasteiger partial charge in [-0.15, -0.1) is 0 Å². The van der Waals surface area contributed by atoms with Gasteiger partial charge in [-0.2, -0.15) is 0 Å². The van der Waals surface area contributed by atoms with E-state index < -0.39 is 8.32 Å². The van der Waals surface area contributed by atoms with E-state index in [0.29, 0.717) is 0 Å². The van der Waals surface area contributed by atoms with Crippen LogP contribution >= 0.6 is 0 Å². The lowest BCUT2D eigenvalue weighted by molar-refractivity contribution is 0.0233. The van der Waals surface area contributed by atoms with E-state index in [1.807, 2.05) is 0 Å². The normalized spacial score (nSPS) is 23.2. The summed E-state index contributed by atoms with van der Waals surface area (Å²) in [6.45, 7) is 6.72. The molecule has 1 aliphatic rings. The van der Waals surface area contributed by atoms with E-state index in [9.17, 15) is 5.11 Å². The summed E-state index contributed by atoms with van der Waals surface area (Å²) in [5.41, 5.74) is 2.63. The molecular weight excluding hydrogens is 252 g/mol. The highest BCUT2D eigenvalue weighted by molar-refractivity contribution is 6.73. The van der Waals surface area contributed by atoms with Crippen LogP contribution in [0.15, 0.2) is 24.3 Å². The van der Waals surface area contributed by atoms with Crippen molar-refractivity contribution in [3.8, 4) is 0 Å². The number of rotatable bonds is 5. The van der Waals surface area contributed by atoms with Crippen molar-refractivity contribution in [1.29, 1.82) is 0 Å². The zero-order valence-electron chi connectivity index (χ0n) is 12.4. The van der Waals surface area contributed by atoms with Crippen LogP contribution in [-0.2, 0) is 17.3 Å². The van der Waals surface area contributed by atoms with Crippen LogP contribution in [0, 0.1) is 0 Å². The largest absolute Gasteiger partial charge is 0.411 e. The average Bonchev–Trinajstić information content (AvgIpc) is 2.45. The Bertz CT molecular complexity index is 407. The molecule has 0 aliphatic heterocycles. The molecule has 0 saturated carbocycles. The van der Waals surface area contributed by atoms with Crippen molar-refractivity contribution in [2.45, 2.75) is 64.0 Å². The van der Waals surface area contributed by atoms with Crippen molar-refractivity contribution in [3.05, 3.63) is 35.4 Å². The molecule has 19 heavy (non-hydrogen) atoms. The molecule has 0 saturated heterocycles. The highest BCUT2D eigenvalue weighted by Gasteiger charge is 2.36. The molecule has 1 N–H and O–H groups in total. The molecule has 0 aromatic heterocycles. The van der Waals surface area contributed by atoms with Crippen LogP contribution in [-0.4, -0.2) is 25.6 Å². The minimum Gasteiger partial charge on any atom is -0.411 e. The minimum atomic E-state index is -1.63. The van der Waals surface area contributed by atoms with Gasteiger partial charge in [-0.1, -0.05) is 45.0 Å². The Morgan fingerprint density at radius 3 is 2.11 bits per heavy atom. The highest BCUT2D eigenvalue weighted by Crippen LogP contribution is 2.30. The molecule has 0 amide bonds. The number of benzene rings is 1. The second kappa shape index (κ2) is 6.20. The quantitative estimate of drug-likeness (QED) is 0.835. The SMILES string of the molecule is CC[Si](CC)(CC)O[C@H]1Cc2ccccc2C[C@H]1O. The van der Waals surface area contributed by atoms with Gasteiger partial charge in [0, 0.05) is 12.8 Å². The zero-order valence-corrected chi connectivity index (χ0v) is 13.4. The van der Waals surface area contributed by atoms with E-state index in [0.717, 1.165) is 31.0 Å². The van der Waals surface area contributed by atoms with Crippen molar-refractivity contribution in [3.63, 3.8) is 0 Å². The maximum atomic E-state index is 10.4. The third kappa shape index (κ3) is 3.10. The summed E-state index contributed by atoms with van der Waals surface area (Å²) in [5, 5.41) is 10.4. The molecule has 0 radical (unpaired) electrons. The summed E-state index contributed by atoms with van der Waals surface area (Å²) in [6.07, 6.45) is 1.27. The summed E-state index contributed by atoms with van der Waals surface area (Å²) < 4.78 is 6.48. The molecule has 3 heteroatoms. The van der Waals surface area contributed by atoms with E-state index in [1.54, 1.807) is 0 Å². The molecule has 0 fully saturated rings. The molecular formula is C16H26O2Si. The second-order valence-electron chi connectivity index (χ2n) is 5.64. The van der Waals surface area contributed by atoms with Crippen LogP contribution in [0.5, 0.6) is 0 Å². The Morgan fingerprint density at radius 1 is 1.05 bits per heavy atom. The summed E-state index contributed by atoms with van der Waals surface area (Å²) in [5.74, 6) is 0. The van der Waals surface area contributed by atoms with Crippen LogP contribution in [0.2, 0.25) is 18.1 Å². The number of fused-ring (bicyclic) bond motifs is 1. The molecule has 2 rings (SSSR count). The third-order valence-corrected chi connectivity index (χ3v) is 9.40. The lowest BCUT2D eigenvalue weighted by Crippen LogP contribution is -2.47. The van der Waals surface area contributed by atoms with Gasteiger partial charge in [0.15, 0.2) is 8.32 Å². The van der Waals surface area contributed by atoms with Crippen LogP contribution in [0.4, 0.5) is 0 Å². The average molecular weight is 278 g/mol. The predicted molar refractivity (Wildman–Crippen MR) is 81.9 cm³/mol. The Morgan fingerprint density at radius 2 is 1.58 bits per heavy atom. The van der Waals surface area contributed by atoms with Gasteiger partial charge in [-0.3, -0.25) is 0 Å². The first kappa shape index (κ1) is 14.8. The van der Waals surface area contributed by atoms with Crippen LogP contribution < -0.4 is 0 Å². The lowest BCUT2D eigenvalue weighted by atomic mass is 9.88. The fourth-order valence-corrected chi connectivity index (χ4v) is 5.99. The molecule has 0 heterocycles. The van der Waals surface area contributed by atoms with Crippen LogP contribution in [0.25, 0.3) is 0 Å². The van der Waals surface area contributed by atoms with Gasteiger partial charge in [0.1, 0.15) is 0 Å². The third-order valence-electron chi connectivity index (χ3n) is 4.73. The predicted octanol–water partition coefficient (Wildman–Crippen LogP) is 3.54. The maximum absolute atomic E-state index is 10.4. The number of hydrogen-bond donors (Lipinski definition) is 1. The number of aliphatic hydroxyl groups excluding tert-OH is 1. The van der Waals surface area contributed by atoms with E-state index in [2.05, 4.69) is 45.0 Å². The Labute approximate surface area is 117 Å². The molecule has 2 atom stereocenters. The first-order valence-electron chi connectivity index (χ1n) is 7.56. The zero-order chi connectivity index (χ0) is 13.9. The Kier molecular flexibility index (Phi) is 4.82. The second-order valence-corrected chi connectivity index (χ2v) is 10.4. The number of hydrogen-bond acceptors (Lipinski definition) is 2. The molecule has 1 aromatic rings. The first-order valence-corrected chi connectivity index (χ1v) is 10.1. The van der Waals surface area contributed by atoms with Gasteiger partial charge in [0.25, 0.3) is 0 Å².